The lowest BCUT2D eigenvalue weighted by atomic mass is 10.2. The Morgan fingerprint density at radius 3 is 2.91 bits per heavy atom. The normalized spacial score (nSPS) is 10.4. The van der Waals surface area contributed by atoms with Crippen LogP contribution in [-0.2, 0) is 6.54 Å². The Kier molecular flexibility index (Phi) is 3.11. The van der Waals surface area contributed by atoms with E-state index in [0.29, 0.717) is 0 Å². The molecule has 0 unspecified atom stereocenters. The molecule has 0 saturated carbocycles. The molecule has 2 radical (unpaired) electrons. The van der Waals surface area contributed by atoms with Crippen molar-refractivity contribution in [2.45, 2.75) is 13.5 Å². The number of pyridine rings is 1. The van der Waals surface area contributed by atoms with E-state index in [4.69, 9.17) is 7.98 Å². The summed E-state index contributed by atoms with van der Waals surface area (Å²) in [6.07, 6.45) is 1.78. The molecule has 0 fully saturated rings. The number of rotatable bonds is 3. The summed E-state index contributed by atoms with van der Waals surface area (Å²) in [7, 11) is 5.60. The zero-order valence-corrected chi connectivity index (χ0v) is 6.70. The average molecular weight is 146 g/mol. The molecule has 1 aromatic rings. The molecule has 0 aliphatic rings. The van der Waals surface area contributed by atoms with Crippen LogP contribution in [0.2, 0.25) is 0 Å². The van der Waals surface area contributed by atoms with Crippen molar-refractivity contribution in [3.63, 3.8) is 0 Å². The van der Waals surface area contributed by atoms with Gasteiger partial charge in [0.1, 0.15) is 0 Å². The fraction of sp³-hybridized carbons (Fsp3) is 0.375. The van der Waals surface area contributed by atoms with Gasteiger partial charge >= 0.3 is 0 Å². The lowest BCUT2D eigenvalue weighted by Gasteiger charge is -2.12. The van der Waals surface area contributed by atoms with E-state index in [1.807, 2.05) is 25.1 Å². The maximum atomic E-state index is 5.60. The zero-order valence-electron chi connectivity index (χ0n) is 6.70. The topological polar surface area (TPSA) is 16.1 Å². The third kappa shape index (κ3) is 2.72. The van der Waals surface area contributed by atoms with E-state index in [1.54, 1.807) is 11.0 Å². The van der Waals surface area contributed by atoms with Crippen molar-refractivity contribution < 1.29 is 0 Å². The summed E-state index contributed by atoms with van der Waals surface area (Å²) in [6, 6.07) is 5.83. The molecule has 1 rings (SSSR count). The first kappa shape index (κ1) is 8.27. The van der Waals surface area contributed by atoms with Gasteiger partial charge in [-0.1, -0.05) is 13.0 Å². The van der Waals surface area contributed by atoms with Crippen LogP contribution in [0.3, 0.4) is 0 Å². The van der Waals surface area contributed by atoms with Crippen molar-refractivity contribution in [1.82, 2.24) is 9.79 Å². The molecule has 1 heterocycles. The highest BCUT2D eigenvalue weighted by Crippen LogP contribution is 1.96. The van der Waals surface area contributed by atoms with E-state index in [2.05, 4.69) is 4.98 Å². The Morgan fingerprint density at radius 2 is 2.36 bits per heavy atom. The highest BCUT2D eigenvalue weighted by molar-refractivity contribution is 6.04. The highest BCUT2D eigenvalue weighted by atomic mass is 15.0. The molecule has 0 aliphatic heterocycles. The van der Waals surface area contributed by atoms with Crippen LogP contribution in [0.4, 0.5) is 0 Å². The first-order chi connectivity index (χ1) is 5.33. The fourth-order valence-electron chi connectivity index (χ4n) is 0.812. The molecule has 0 amide bonds. The third-order valence-corrected chi connectivity index (χ3v) is 1.50. The Morgan fingerprint density at radius 1 is 1.55 bits per heavy atom. The van der Waals surface area contributed by atoms with Gasteiger partial charge < -0.3 is 4.81 Å². The third-order valence-electron chi connectivity index (χ3n) is 1.50. The van der Waals surface area contributed by atoms with Gasteiger partial charge in [0.25, 0.3) is 0 Å². The Bertz CT molecular complexity index is 201. The number of aromatic nitrogens is 1. The van der Waals surface area contributed by atoms with Gasteiger partial charge in [-0.25, -0.2) is 0 Å². The molecule has 1 aromatic heterocycles. The van der Waals surface area contributed by atoms with Crippen molar-refractivity contribution >= 4 is 7.98 Å². The second kappa shape index (κ2) is 4.14. The van der Waals surface area contributed by atoms with Gasteiger partial charge in [0, 0.05) is 12.7 Å². The highest BCUT2D eigenvalue weighted by Gasteiger charge is 1.95. The van der Waals surface area contributed by atoms with Crippen LogP contribution < -0.4 is 0 Å². The molecule has 11 heavy (non-hydrogen) atoms. The molecule has 0 N–H and O–H groups in total. The number of hydrogen-bond donors (Lipinski definition) is 0. The maximum absolute atomic E-state index is 5.60. The predicted molar refractivity (Wildman–Crippen MR) is 46.1 cm³/mol. The fourth-order valence-corrected chi connectivity index (χ4v) is 0.812. The molecule has 0 spiro atoms. The lowest BCUT2D eigenvalue weighted by Crippen LogP contribution is -2.19. The molecule has 0 aromatic carbocycles. The Balaban J connectivity index is 2.51. The summed E-state index contributed by atoms with van der Waals surface area (Å²) in [5.41, 5.74) is 1.01. The van der Waals surface area contributed by atoms with E-state index < -0.39 is 0 Å². The summed E-state index contributed by atoms with van der Waals surface area (Å²) in [4.78, 5) is 5.87. The van der Waals surface area contributed by atoms with Crippen LogP contribution in [0.15, 0.2) is 24.4 Å². The second-order valence-electron chi connectivity index (χ2n) is 2.38. The van der Waals surface area contributed by atoms with Gasteiger partial charge in [-0.15, -0.1) is 0 Å². The van der Waals surface area contributed by atoms with Gasteiger partial charge in [-0.3, -0.25) is 4.98 Å². The van der Waals surface area contributed by atoms with Crippen molar-refractivity contribution in [1.29, 1.82) is 0 Å². The van der Waals surface area contributed by atoms with E-state index >= 15 is 0 Å². The van der Waals surface area contributed by atoms with Crippen LogP contribution in [0.1, 0.15) is 12.6 Å². The van der Waals surface area contributed by atoms with E-state index in [-0.39, 0.29) is 0 Å². The summed E-state index contributed by atoms with van der Waals surface area (Å²) in [5, 5.41) is 0. The van der Waals surface area contributed by atoms with Crippen molar-refractivity contribution in [3.05, 3.63) is 30.1 Å². The first-order valence-corrected chi connectivity index (χ1v) is 3.72. The Hall–Kier alpha value is -0.825. The van der Waals surface area contributed by atoms with Gasteiger partial charge in [-0.05, 0) is 18.7 Å². The smallest absolute Gasteiger partial charge is 0.182 e. The Labute approximate surface area is 68.7 Å². The first-order valence-electron chi connectivity index (χ1n) is 3.72. The monoisotopic (exact) mass is 146 g/mol. The van der Waals surface area contributed by atoms with Gasteiger partial charge in [-0.2, -0.15) is 0 Å². The standard InChI is InChI=1S/C8H11BN2/c1-2-11(9)7-8-5-3-4-6-10-8/h3-6H,2,7H2,1H3. The minimum Gasteiger partial charge on any atom is -0.349 e. The van der Waals surface area contributed by atoms with Crippen molar-refractivity contribution in [3.8, 4) is 0 Å². The molecule has 56 valence electrons. The number of nitrogens with zero attached hydrogens (tertiary/aromatic N) is 2. The van der Waals surface area contributed by atoms with Crippen molar-refractivity contribution in [2.24, 2.45) is 0 Å². The minimum absolute atomic E-state index is 0.720. The summed E-state index contributed by atoms with van der Waals surface area (Å²) in [5.74, 6) is 0. The zero-order chi connectivity index (χ0) is 8.10. The summed E-state index contributed by atoms with van der Waals surface area (Å²) in [6.45, 7) is 3.58. The maximum Gasteiger partial charge on any atom is 0.182 e. The van der Waals surface area contributed by atoms with E-state index in [9.17, 15) is 0 Å². The van der Waals surface area contributed by atoms with Gasteiger partial charge in [0.15, 0.2) is 7.98 Å². The van der Waals surface area contributed by atoms with Crippen LogP contribution in [0, 0.1) is 0 Å². The minimum atomic E-state index is 0.720. The average Bonchev–Trinajstić information content (AvgIpc) is 2.06. The van der Waals surface area contributed by atoms with Crippen molar-refractivity contribution in [2.75, 3.05) is 6.54 Å². The quantitative estimate of drug-likeness (QED) is 0.591. The number of hydrogen-bond acceptors (Lipinski definition) is 2. The molecule has 0 bridgehead atoms. The van der Waals surface area contributed by atoms with Crippen LogP contribution >= 0.6 is 0 Å². The van der Waals surface area contributed by atoms with Crippen LogP contribution in [0.5, 0.6) is 0 Å². The van der Waals surface area contributed by atoms with Gasteiger partial charge in [0.05, 0.1) is 5.69 Å². The molecule has 3 heteroatoms. The SMILES string of the molecule is [B]N(CC)Cc1ccccn1. The van der Waals surface area contributed by atoms with Crippen LogP contribution in [0.25, 0.3) is 0 Å². The molecule has 0 saturated heterocycles. The van der Waals surface area contributed by atoms with E-state index in [1.165, 1.54) is 0 Å². The largest absolute Gasteiger partial charge is 0.349 e. The molecule has 2 nitrogen and oxygen atoms in total. The predicted octanol–water partition coefficient (Wildman–Crippen LogP) is 0.987. The summed E-state index contributed by atoms with van der Waals surface area (Å²) < 4.78 is 0. The molecule has 0 aliphatic carbocycles. The van der Waals surface area contributed by atoms with Gasteiger partial charge in [0.2, 0.25) is 0 Å². The molecular weight excluding hydrogens is 135 g/mol. The van der Waals surface area contributed by atoms with Crippen LogP contribution in [-0.4, -0.2) is 24.3 Å². The molecular formula is C8H11BN2. The molecule has 0 atom stereocenters. The lowest BCUT2D eigenvalue weighted by molar-refractivity contribution is 0.467. The summed E-state index contributed by atoms with van der Waals surface area (Å²) >= 11 is 0. The van der Waals surface area contributed by atoms with E-state index in [0.717, 1.165) is 18.8 Å². The second-order valence-corrected chi connectivity index (χ2v) is 2.38.